The second-order valence-electron chi connectivity index (χ2n) is 3.88. The van der Waals surface area contributed by atoms with Crippen molar-refractivity contribution in [3.8, 4) is 6.07 Å². The summed E-state index contributed by atoms with van der Waals surface area (Å²) in [6.45, 7) is 2.41. The molecule has 0 saturated carbocycles. The molecular weight excluding hydrogens is 255 g/mol. The molecule has 1 atom stereocenters. The molecule has 0 spiro atoms. The molecule has 0 aliphatic heterocycles. The van der Waals surface area contributed by atoms with Crippen LogP contribution in [0.25, 0.3) is 0 Å². The number of carbonyl (C=O) groups is 1. The van der Waals surface area contributed by atoms with E-state index in [4.69, 9.17) is 16.9 Å². The molecule has 1 rings (SSSR count). The van der Waals surface area contributed by atoms with Gasteiger partial charge in [-0.25, -0.2) is 4.39 Å². The predicted octanol–water partition coefficient (Wildman–Crippen LogP) is 2.69. The highest BCUT2D eigenvalue weighted by Crippen LogP contribution is 2.22. The number of amides is 1. The highest BCUT2D eigenvalue weighted by atomic mass is 35.5. The second kappa shape index (κ2) is 6.97. The van der Waals surface area contributed by atoms with Gasteiger partial charge in [-0.3, -0.25) is 4.79 Å². The molecule has 1 N–H and O–H groups in total. The molecule has 0 saturated heterocycles. The molecule has 1 aromatic rings. The maximum atomic E-state index is 13.5. The lowest BCUT2D eigenvalue weighted by Gasteiger charge is -2.11. The first-order chi connectivity index (χ1) is 8.60. The van der Waals surface area contributed by atoms with Crippen molar-refractivity contribution >= 4 is 17.5 Å². The molecule has 0 bridgehead atoms. The molecule has 0 fully saturated rings. The zero-order chi connectivity index (χ0) is 13.5. The Kier molecular flexibility index (Phi) is 5.60. The lowest BCUT2D eigenvalue weighted by Crippen LogP contribution is -2.31. The zero-order valence-electron chi connectivity index (χ0n) is 10.0. The van der Waals surface area contributed by atoms with Crippen LogP contribution in [0.3, 0.4) is 0 Å². The van der Waals surface area contributed by atoms with E-state index in [1.54, 1.807) is 6.07 Å². The number of hydrogen-bond acceptors (Lipinski definition) is 2. The van der Waals surface area contributed by atoms with Crippen molar-refractivity contribution in [3.63, 3.8) is 0 Å². The van der Waals surface area contributed by atoms with Crippen LogP contribution in [0.2, 0.25) is 5.02 Å². The maximum absolute atomic E-state index is 13.5. The molecule has 18 heavy (non-hydrogen) atoms. The average Bonchev–Trinajstić information content (AvgIpc) is 2.35. The van der Waals surface area contributed by atoms with Gasteiger partial charge in [-0.15, -0.1) is 0 Å². The summed E-state index contributed by atoms with van der Waals surface area (Å²) in [6, 6.07) is 6.17. The van der Waals surface area contributed by atoms with Crippen molar-refractivity contribution in [3.05, 3.63) is 34.6 Å². The van der Waals surface area contributed by atoms with E-state index in [0.29, 0.717) is 6.54 Å². The van der Waals surface area contributed by atoms with Crippen LogP contribution in [0.5, 0.6) is 0 Å². The third-order valence-corrected chi connectivity index (χ3v) is 2.85. The fourth-order valence-corrected chi connectivity index (χ4v) is 1.74. The molecule has 96 valence electrons. The first kappa shape index (κ1) is 14.5. The van der Waals surface area contributed by atoms with Gasteiger partial charge >= 0.3 is 0 Å². The minimum Gasteiger partial charge on any atom is -0.355 e. The summed E-state index contributed by atoms with van der Waals surface area (Å²) >= 11 is 5.86. The molecule has 0 heterocycles. The molecule has 1 unspecified atom stereocenters. The van der Waals surface area contributed by atoms with Crippen LogP contribution in [-0.4, -0.2) is 12.5 Å². The van der Waals surface area contributed by atoms with Gasteiger partial charge in [0.05, 0.1) is 6.07 Å². The molecule has 0 aromatic heterocycles. The van der Waals surface area contributed by atoms with Crippen LogP contribution in [0, 0.1) is 23.1 Å². The molecule has 3 nitrogen and oxygen atoms in total. The molecule has 1 amide bonds. The van der Waals surface area contributed by atoms with Gasteiger partial charge < -0.3 is 5.32 Å². The van der Waals surface area contributed by atoms with E-state index in [2.05, 4.69) is 5.32 Å². The van der Waals surface area contributed by atoms with Crippen molar-refractivity contribution in [2.45, 2.75) is 19.8 Å². The van der Waals surface area contributed by atoms with E-state index < -0.39 is 17.6 Å². The molecule has 0 aliphatic rings. The molecule has 0 radical (unpaired) electrons. The summed E-state index contributed by atoms with van der Waals surface area (Å²) < 4.78 is 13.5. The van der Waals surface area contributed by atoms with Gasteiger partial charge in [0, 0.05) is 23.6 Å². The molecule has 1 aromatic carbocycles. The Bertz CT molecular complexity index is 450. The number of hydrogen-bond donors (Lipinski definition) is 1. The lowest BCUT2D eigenvalue weighted by molar-refractivity contribution is -0.123. The summed E-state index contributed by atoms with van der Waals surface area (Å²) in [5.74, 6) is -1.81. The SMILES string of the molecule is CCCNC(=O)C(C#N)Cc1c(F)cccc1Cl. The van der Waals surface area contributed by atoms with Crippen molar-refractivity contribution < 1.29 is 9.18 Å². The Morgan fingerprint density at radius 2 is 2.33 bits per heavy atom. The Labute approximate surface area is 111 Å². The minimum absolute atomic E-state index is 0.0163. The van der Waals surface area contributed by atoms with Crippen LogP contribution in [-0.2, 0) is 11.2 Å². The van der Waals surface area contributed by atoms with Crippen molar-refractivity contribution in [2.24, 2.45) is 5.92 Å². The molecular formula is C13H14ClFN2O. The van der Waals surface area contributed by atoms with Gasteiger partial charge in [0.1, 0.15) is 11.7 Å². The summed E-state index contributed by atoms with van der Waals surface area (Å²) in [6.07, 6.45) is 0.766. The Morgan fingerprint density at radius 3 is 2.89 bits per heavy atom. The first-order valence-electron chi connectivity index (χ1n) is 5.70. The largest absolute Gasteiger partial charge is 0.355 e. The van der Waals surface area contributed by atoms with E-state index in [-0.39, 0.29) is 17.0 Å². The second-order valence-corrected chi connectivity index (χ2v) is 4.28. The number of benzene rings is 1. The number of nitrogens with zero attached hydrogens (tertiary/aromatic N) is 1. The third kappa shape index (κ3) is 3.71. The van der Waals surface area contributed by atoms with Crippen LogP contribution < -0.4 is 5.32 Å². The van der Waals surface area contributed by atoms with E-state index in [1.165, 1.54) is 12.1 Å². The Morgan fingerprint density at radius 1 is 1.61 bits per heavy atom. The third-order valence-electron chi connectivity index (χ3n) is 2.49. The van der Waals surface area contributed by atoms with Crippen LogP contribution in [0.15, 0.2) is 18.2 Å². The standard InChI is InChI=1S/C13H14ClFN2O/c1-2-6-17-13(18)9(8-16)7-10-11(14)4-3-5-12(10)15/h3-5,9H,2,6-7H2,1H3,(H,17,18). The number of nitrogens with one attached hydrogen (secondary N) is 1. The summed E-state index contributed by atoms with van der Waals surface area (Å²) in [4.78, 5) is 11.7. The summed E-state index contributed by atoms with van der Waals surface area (Å²) in [7, 11) is 0. The number of carbonyl (C=O) groups excluding carboxylic acids is 1. The monoisotopic (exact) mass is 268 g/mol. The molecule has 5 heteroatoms. The van der Waals surface area contributed by atoms with Gasteiger partial charge in [-0.05, 0) is 18.6 Å². The minimum atomic E-state index is -0.925. The van der Waals surface area contributed by atoms with Crippen molar-refractivity contribution in [1.82, 2.24) is 5.32 Å². The number of nitriles is 1. The highest BCUT2D eigenvalue weighted by Gasteiger charge is 2.21. The molecule has 0 aliphatic carbocycles. The normalized spacial score (nSPS) is 11.7. The Balaban J connectivity index is 2.81. The average molecular weight is 269 g/mol. The number of halogens is 2. The fraction of sp³-hybridized carbons (Fsp3) is 0.385. The van der Waals surface area contributed by atoms with Crippen molar-refractivity contribution in [1.29, 1.82) is 5.26 Å². The van der Waals surface area contributed by atoms with Crippen LogP contribution in [0.4, 0.5) is 4.39 Å². The fourth-order valence-electron chi connectivity index (χ4n) is 1.50. The highest BCUT2D eigenvalue weighted by molar-refractivity contribution is 6.31. The van der Waals surface area contributed by atoms with Gasteiger partial charge in [-0.1, -0.05) is 24.6 Å². The van der Waals surface area contributed by atoms with Gasteiger partial charge in [-0.2, -0.15) is 5.26 Å². The maximum Gasteiger partial charge on any atom is 0.237 e. The van der Waals surface area contributed by atoms with Crippen LogP contribution >= 0.6 is 11.6 Å². The van der Waals surface area contributed by atoms with E-state index >= 15 is 0 Å². The van der Waals surface area contributed by atoms with E-state index in [1.807, 2.05) is 13.0 Å². The summed E-state index contributed by atoms with van der Waals surface area (Å²) in [5, 5.41) is 11.8. The number of rotatable bonds is 5. The topological polar surface area (TPSA) is 52.9 Å². The van der Waals surface area contributed by atoms with Crippen molar-refractivity contribution in [2.75, 3.05) is 6.54 Å². The Hall–Kier alpha value is -1.60. The summed E-state index contributed by atoms with van der Waals surface area (Å²) in [5.41, 5.74) is 0.206. The van der Waals surface area contributed by atoms with Gasteiger partial charge in [0.25, 0.3) is 0 Å². The van der Waals surface area contributed by atoms with E-state index in [9.17, 15) is 9.18 Å². The van der Waals surface area contributed by atoms with Gasteiger partial charge in [0.15, 0.2) is 0 Å². The quantitative estimate of drug-likeness (QED) is 0.893. The van der Waals surface area contributed by atoms with Gasteiger partial charge in [0.2, 0.25) is 5.91 Å². The van der Waals surface area contributed by atoms with Crippen LogP contribution in [0.1, 0.15) is 18.9 Å². The smallest absolute Gasteiger partial charge is 0.237 e. The zero-order valence-corrected chi connectivity index (χ0v) is 10.8. The predicted molar refractivity (Wildman–Crippen MR) is 67.5 cm³/mol. The lowest BCUT2D eigenvalue weighted by atomic mass is 9.99. The first-order valence-corrected chi connectivity index (χ1v) is 6.08. The van der Waals surface area contributed by atoms with E-state index in [0.717, 1.165) is 6.42 Å².